The summed E-state index contributed by atoms with van der Waals surface area (Å²) in [6, 6.07) is -2.02. The molecule has 26 nitrogen and oxygen atoms in total. The Morgan fingerprint density at radius 3 is 1.85 bits per heavy atom. The second kappa shape index (κ2) is 57.4. The number of allylic oxidation sites excluding steroid dienone is 1. The molecule has 12 N–H and O–H groups in total. The van der Waals surface area contributed by atoms with Gasteiger partial charge in [-0.3, -0.25) is 43.2 Å². The highest BCUT2D eigenvalue weighted by atomic mass is 32.2. The molecule has 1 rings (SSSR count). The number of carboxylic acids is 3. The molecular weight excluding hydrogens is 1170 g/mol. The quantitative estimate of drug-likeness (QED) is 0.0254. The van der Waals surface area contributed by atoms with E-state index in [1.807, 2.05) is 59.1 Å². The number of aryl methyl sites for hydroxylation is 1. The fourth-order valence-corrected chi connectivity index (χ4v) is 9.28. The van der Waals surface area contributed by atoms with Gasteiger partial charge in [0.05, 0.1) is 39.6 Å². The minimum atomic E-state index is -1.29. The van der Waals surface area contributed by atoms with E-state index in [2.05, 4.69) is 33.2 Å². The first-order valence-corrected chi connectivity index (χ1v) is 30.7. The lowest BCUT2D eigenvalue weighted by Gasteiger charge is -2.37. The van der Waals surface area contributed by atoms with E-state index >= 15 is 0 Å². The zero-order chi connectivity index (χ0) is 66.3. The highest BCUT2D eigenvalue weighted by Gasteiger charge is 2.45. The van der Waals surface area contributed by atoms with E-state index in [9.17, 15) is 57.5 Å². The van der Waals surface area contributed by atoms with Gasteiger partial charge in [0.25, 0.3) is 0 Å². The molecule has 0 saturated carbocycles. The van der Waals surface area contributed by atoms with E-state index in [4.69, 9.17) is 46.1 Å². The minimum absolute atomic E-state index is 0.0348. The van der Waals surface area contributed by atoms with Crippen LogP contribution in [0.15, 0.2) is 11.5 Å². The maximum atomic E-state index is 14.2. The number of thioether (sulfide) groups is 2. The maximum Gasteiger partial charge on any atom is 0.322 e. The molecule has 0 spiro atoms. The summed E-state index contributed by atoms with van der Waals surface area (Å²) in [6.07, 6.45) is 11.3. The largest absolute Gasteiger partial charge is 0.480 e. The van der Waals surface area contributed by atoms with Crippen molar-refractivity contribution in [1.29, 1.82) is 0 Å². The summed E-state index contributed by atoms with van der Waals surface area (Å²) in [7, 11) is 4.50. The van der Waals surface area contributed by atoms with Gasteiger partial charge in [0.15, 0.2) is 0 Å². The first kappa shape index (κ1) is 88.1. The maximum absolute atomic E-state index is 14.2. The molecule has 0 bridgehead atoms. The summed E-state index contributed by atoms with van der Waals surface area (Å²) < 4.78 is 16.8. The van der Waals surface area contributed by atoms with Crippen molar-refractivity contribution in [2.45, 2.75) is 163 Å². The Bertz CT molecular complexity index is 2050. The number of thiazole rings is 1. The number of ketones is 1. The summed E-state index contributed by atoms with van der Waals surface area (Å²) in [5.41, 5.74) is 10.0. The molecule has 0 aliphatic heterocycles. The van der Waals surface area contributed by atoms with Gasteiger partial charge >= 0.3 is 29.8 Å². The van der Waals surface area contributed by atoms with Crippen LogP contribution >= 0.6 is 34.9 Å². The molecule has 85 heavy (non-hydrogen) atoms. The molecule has 490 valence electrons. The number of esters is 2. The van der Waals surface area contributed by atoms with E-state index in [0.29, 0.717) is 50.1 Å². The molecule has 0 aliphatic rings. The van der Waals surface area contributed by atoms with Gasteiger partial charge in [-0.05, 0) is 91.7 Å². The number of nitrogens with two attached hydrogens (primary N) is 2. The van der Waals surface area contributed by atoms with Crippen molar-refractivity contribution in [1.82, 2.24) is 26.3 Å². The number of methoxy groups -OCH3 is 1. The number of nitrogens with zero attached hydrogens (tertiary/aromatic N) is 1. The van der Waals surface area contributed by atoms with Crippen LogP contribution in [0.5, 0.6) is 0 Å². The van der Waals surface area contributed by atoms with Crippen molar-refractivity contribution in [3.8, 4) is 0 Å². The van der Waals surface area contributed by atoms with Crippen LogP contribution < -0.4 is 32.7 Å². The molecule has 29 heteroatoms. The lowest BCUT2D eigenvalue weighted by molar-refractivity contribution is -0.162. The van der Waals surface area contributed by atoms with Crippen molar-refractivity contribution in [2.75, 3.05) is 64.0 Å². The summed E-state index contributed by atoms with van der Waals surface area (Å²) in [5.74, 6) is -5.66. The standard InChI is InChI=1S/C35H61N3O11S2.C7H9NS.C5H9NO3.C5H11NO.C3H5NO3.CH4O/c1-23(12-10-16-47-8)11-9-13-24(2)32(49-31(44)21-51-19-27(38-22-40)34(46)37-17-29(41)42)26(4)33(45)35(5,6)28(14-15-39)48-30(43)20-50-18-25(3)36-7;1-3-4-7-5-9-6(2)8-7;6-4(5(8)9)2-1-3-7;1-2-3-5(6)4-7;5-2-4-1-3(6)7;1-2/h15,22-28,32,36H,9-14,16-21H2,1-8H3,(H,37,46)(H,38,40)(H,41,42);3-5H,1-2H3;3-4H,1-2,6H2,(H,8,9);4-5H,2-3,6H2,1H3;2H,1H2,(H,4,5)(H,6,7);2H,1H3/b;4-3-;;;;/t23?,24?,25?,26?,27?,28?,32-;;;;;/m0...../s1. The van der Waals surface area contributed by atoms with Crippen LogP contribution in [0.1, 0.15) is 130 Å². The Labute approximate surface area is 514 Å². The number of Topliss-reactive ketones (excluding diaryl/α,β-unsaturated/α-hetero) is 1. The normalized spacial score (nSPS) is 13.6. The Morgan fingerprint density at radius 1 is 0.812 bits per heavy atom. The van der Waals surface area contributed by atoms with Crippen LogP contribution in [0.3, 0.4) is 0 Å². The Balaban J connectivity index is -0.000000496. The molecule has 0 aromatic carbocycles. The Kier molecular flexibility index (Phi) is 59.5. The number of amides is 3. The van der Waals surface area contributed by atoms with Crippen molar-refractivity contribution in [3.63, 3.8) is 0 Å². The molecule has 8 unspecified atom stereocenters. The number of hydrogen-bond donors (Lipinski definition) is 10. The first-order chi connectivity index (χ1) is 40.1. The fourth-order valence-electron chi connectivity index (χ4n) is 6.99. The number of aliphatic hydroxyl groups is 1. The third kappa shape index (κ3) is 50.2. The second-order valence-electron chi connectivity index (χ2n) is 19.5. The van der Waals surface area contributed by atoms with E-state index in [0.717, 1.165) is 74.4 Å². The predicted octanol–water partition coefficient (Wildman–Crippen LogP) is 3.49. The van der Waals surface area contributed by atoms with Gasteiger partial charge in [-0.25, -0.2) is 4.98 Å². The lowest BCUT2D eigenvalue weighted by Crippen LogP contribution is -2.48. The zero-order valence-electron chi connectivity index (χ0n) is 51.6. The molecule has 0 saturated heterocycles. The van der Waals surface area contributed by atoms with Crippen LogP contribution in [-0.4, -0.2) is 199 Å². The van der Waals surface area contributed by atoms with Gasteiger partial charge in [-0.2, -0.15) is 0 Å². The molecule has 0 radical (unpaired) electrons. The molecule has 3 amide bonds. The molecule has 1 aromatic heterocycles. The molecule has 1 heterocycles. The van der Waals surface area contributed by atoms with Crippen LogP contribution in [0, 0.1) is 30.1 Å². The average molecular weight is 1270 g/mol. The van der Waals surface area contributed by atoms with Crippen molar-refractivity contribution < 1.29 is 92.2 Å². The van der Waals surface area contributed by atoms with Gasteiger partial charge in [0, 0.05) is 56.6 Å². The first-order valence-electron chi connectivity index (χ1n) is 27.5. The summed E-state index contributed by atoms with van der Waals surface area (Å²) in [4.78, 5) is 138. The fraction of sp³-hybridized carbons (Fsp3) is 0.696. The van der Waals surface area contributed by atoms with Crippen LogP contribution in [0.2, 0.25) is 0 Å². The third-order valence-corrected chi connectivity index (χ3v) is 14.7. The average Bonchev–Trinajstić information content (AvgIpc) is 4.10. The minimum Gasteiger partial charge on any atom is -0.480 e. The number of hydrogen-bond acceptors (Lipinski definition) is 23. The van der Waals surface area contributed by atoms with Gasteiger partial charge in [-0.1, -0.05) is 53.0 Å². The molecule has 1 aromatic rings. The number of ether oxygens (including phenoxy) is 3. The van der Waals surface area contributed by atoms with E-state index < -0.39 is 77.9 Å². The third-order valence-electron chi connectivity index (χ3n) is 11.8. The number of carboxylic acid groups (broad SMARTS) is 3. The molecule has 0 fully saturated rings. The van der Waals surface area contributed by atoms with Gasteiger partial charge < -0.3 is 81.8 Å². The van der Waals surface area contributed by atoms with Crippen LogP contribution in [0.4, 0.5) is 0 Å². The van der Waals surface area contributed by atoms with Crippen LogP contribution in [0.25, 0.3) is 6.08 Å². The number of aldehydes is 3. The number of aromatic nitrogens is 1. The summed E-state index contributed by atoms with van der Waals surface area (Å²) in [6.45, 7) is 16.8. The second-order valence-corrected chi connectivity index (χ2v) is 22.6. The number of rotatable bonds is 42. The lowest BCUT2D eigenvalue weighted by atomic mass is 9.72. The zero-order valence-corrected chi connectivity index (χ0v) is 54.0. The number of nitrogens with one attached hydrogen (secondary N) is 4. The topological polar surface area (TPSA) is 426 Å². The highest BCUT2D eigenvalue weighted by molar-refractivity contribution is 8.00. The summed E-state index contributed by atoms with van der Waals surface area (Å²) in [5, 5.41) is 44.6. The highest BCUT2D eigenvalue weighted by Crippen LogP contribution is 2.35. The van der Waals surface area contributed by atoms with Crippen molar-refractivity contribution in [3.05, 3.63) is 22.2 Å². The molecule has 9 atom stereocenters. The van der Waals surface area contributed by atoms with Crippen molar-refractivity contribution >= 4 is 114 Å². The van der Waals surface area contributed by atoms with Crippen LogP contribution in [-0.2, 0) is 71.7 Å². The van der Waals surface area contributed by atoms with E-state index in [1.54, 1.807) is 39.2 Å². The summed E-state index contributed by atoms with van der Waals surface area (Å²) >= 11 is 4.07. The van der Waals surface area contributed by atoms with Gasteiger partial charge in [0.2, 0.25) is 18.7 Å². The number of carbonyl (C=O) groups is 12. The van der Waals surface area contributed by atoms with Crippen molar-refractivity contribution in [2.24, 2.45) is 34.6 Å². The van der Waals surface area contributed by atoms with E-state index in [-0.39, 0.29) is 66.9 Å². The SMILES string of the molecule is C/C=C\c1csc(C)n1.CCCC(N)C=O.CNC(C)CSCC(=O)OC(CC=O)C(C)(C)C(=O)C(C)[C@@H](OC(=O)CSCC(NC=O)C(=O)NCC(=O)O)C(C)CCCC(C)CCCOC.CO.NC(CCC=O)C(=O)O.O=CNCC(=O)O. The number of carbonyl (C=O) groups excluding carboxylic acids is 9. The smallest absolute Gasteiger partial charge is 0.322 e. The molecular formula is C56H99N7O19S3. The number of aliphatic carboxylic acids is 3. The van der Waals surface area contributed by atoms with Gasteiger partial charge in [-0.15, -0.1) is 34.9 Å². The van der Waals surface area contributed by atoms with Gasteiger partial charge in [0.1, 0.15) is 62.0 Å². The number of aliphatic hydroxyl groups excluding tert-OH is 1. The monoisotopic (exact) mass is 1270 g/mol. The Morgan fingerprint density at radius 2 is 1.40 bits per heavy atom. The van der Waals surface area contributed by atoms with E-state index in [1.165, 1.54) is 11.8 Å². The Hall–Kier alpha value is -5.69. The predicted molar refractivity (Wildman–Crippen MR) is 330 cm³/mol. The molecule has 0 aliphatic carbocycles.